The highest BCUT2D eigenvalue weighted by Gasteiger charge is 2.21. The molecule has 0 aromatic heterocycles. The highest BCUT2D eigenvalue weighted by molar-refractivity contribution is 5.97. The van der Waals surface area contributed by atoms with Gasteiger partial charge in [0.1, 0.15) is 24.1 Å². The van der Waals surface area contributed by atoms with Crippen molar-refractivity contribution in [3.8, 4) is 11.5 Å². The molecule has 3 aromatic rings. The third-order valence-electron chi connectivity index (χ3n) is 4.29. The molecule has 0 heterocycles. The maximum absolute atomic E-state index is 12.7. The van der Waals surface area contributed by atoms with E-state index in [0.29, 0.717) is 23.8 Å². The van der Waals surface area contributed by atoms with Crippen LogP contribution >= 0.6 is 0 Å². The van der Waals surface area contributed by atoms with E-state index in [4.69, 9.17) is 14.6 Å². The molecule has 3 aromatic carbocycles. The molecule has 0 spiro atoms. The third kappa shape index (κ3) is 7.26. The van der Waals surface area contributed by atoms with E-state index < -0.39 is 24.5 Å². The summed E-state index contributed by atoms with van der Waals surface area (Å²) in [5.74, 6) is 0.226. The van der Waals surface area contributed by atoms with Crippen LogP contribution in [0.15, 0.2) is 84.9 Å². The predicted molar refractivity (Wildman–Crippen MR) is 117 cm³/mol. The van der Waals surface area contributed by atoms with Crippen LogP contribution in [0.5, 0.6) is 11.5 Å². The molecule has 0 aliphatic heterocycles. The zero-order valence-corrected chi connectivity index (χ0v) is 16.9. The summed E-state index contributed by atoms with van der Waals surface area (Å²) in [7, 11) is 0. The van der Waals surface area contributed by atoms with Gasteiger partial charge in [-0.05, 0) is 42.0 Å². The quantitative estimate of drug-likeness (QED) is 0.468. The average Bonchev–Trinajstić information content (AvgIpc) is 2.81. The topological polar surface area (TPSA) is 96.9 Å². The van der Waals surface area contributed by atoms with Gasteiger partial charge in [-0.15, -0.1) is 0 Å². The Hall–Kier alpha value is -3.68. The Morgan fingerprint density at radius 1 is 0.839 bits per heavy atom. The number of hydrogen-bond donors (Lipinski definition) is 3. The number of carbonyl (C=O) groups excluding carboxylic acids is 2. The van der Waals surface area contributed by atoms with E-state index in [0.717, 1.165) is 5.56 Å². The molecule has 0 saturated carbocycles. The van der Waals surface area contributed by atoms with Crippen LogP contribution in [-0.4, -0.2) is 36.2 Å². The Labute approximate surface area is 180 Å². The second-order valence-electron chi connectivity index (χ2n) is 6.71. The first-order chi connectivity index (χ1) is 15.1. The molecule has 1 unspecified atom stereocenters. The summed E-state index contributed by atoms with van der Waals surface area (Å²) < 4.78 is 11.3. The SMILES string of the molecule is O=C(CO)NC(COCc1ccccc1)C(=O)Nc1ccc(Oc2ccccc2)cc1. The number of nitrogens with one attached hydrogen (secondary N) is 2. The van der Waals surface area contributed by atoms with Crippen molar-refractivity contribution in [3.63, 3.8) is 0 Å². The number of amides is 2. The minimum absolute atomic E-state index is 0.0400. The van der Waals surface area contributed by atoms with Crippen LogP contribution in [0.25, 0.3) is 0 Å². The molecule has 0 aliphatic carbocycles. The van der Waals surface area contributed by atoms with E-state index in [1.54, 1.807) is 24.3 Å². The average molecular weight is 420 g/mol. The number of anilines is 1. The van der Waals surface area contributed by atoms with Crippen molar-refractivity contribution in [3.05, 3.63) is 90.5 Å². The van der Waals surface area contributed by atoms with Crippen LogP contribution in [0, 0.1) is 0 Å². The largest absolute Gasteiger partial charge is 0.457 e. The second kappa shape index (κ2) is 11.5. The van der Waals surface area contributed by atoms with Gasteiger partial charge in [0, 0.05) is 5.69 Å². The Kier molecular flexibility index (Phi) is 8.16. The van der Waals surface area contributed by atoms with Crippen molar-refractivity contribution in [2.24, 2.45) is 0 Å². The highest BCUT2D eigenvalue weighted by atomic mass is 16.5. The number of carbonyl (C=O) groups is 2. The summed E-state index contributed by atoms with van der Waals surface area (Å²) >= 11 is 0. The molecule has 31 heavy (non-hydrogen) atoms. The molecule has 7 nitrogen and oxygen atoms in total. The molecular formula is C24H24N2O5. The number of hydrogen-bond acceptors (Lipinski definition) is 5. The summed E-state index contributed by atoms with van der Waals surface area (Å²) in [6, 6.07) is 24.8. The Balaban J connectivity index is 1.57. The molecule has 7 heteroatoms. The molecule has 3 rings (SSSR count). The van der Waals surface area contributed by atoms with Crippen LogP contribution in [-0.2, 0) is 20.9 Å². The monoisotopic (exact) mass is 420 g/mol. The number of ether oxygens (including phenoxy) is 2. The summed E-state index contributed by atoms with van der Waals surface area (Å²) in [4.78, 5) is 24.3. The van der Waals surface area contributed by atoms with Gasteiger partial charge < -0.3 is 25.2 Å². The van der Waals surface area contributed by atoms with Crippen LogP contribution in [0.1, 0.15) is 5.56 Å². The third-order valence-corrected chi connectivity index (χ3v) is 4.29. The first-order valence-corrected chi connectivity index (χ1v) is 9.80. The number of para-hydroxylation sites is 1. The normalized spacial score (nSPS) is 11.4. The number of benzene rings is 3. The molecular weight excluding hydrogens is 396 g/mol. The fraction of sp³-hybridized carbons (Fsp3) is 0.167. The lowest BCUT2D eigenvalue weighted by molar-refractivity contribution is -0.129. The first kappa shape index (κ1) is 22.0. The molecule has 0 bridgehead atoms. The molecule has 0 fully saturated rings. The van der Waals surface area contributed by atoms with Crippen molar-refractivity contribution in [1.29, 1.82) is 0 Å². The minimum atomic E-state index is -0.955. The molecule has 3 N–H and O–H groups in total. The van der Waals surface area contributed by atoms with E-state index >= 15 is 0 Å². The Morgan fingerprint density at radius 3 is 2.10 bits per heavy atom. The predicted octanol–water partition coefficient (Wildman–Crippen LogP) is 3.11. The van der Waals surface area contributed by atoms with Crippen molar-refractivity contribution >= 4 is 17.5 Å². The van der Waals surface area contributed by atoms with E-state index in [-0.39, 0.29) is 6.61 Å². The highest BCUT2D eigenvalue weighted by Crippen LogP contribution is 2.22. The van der Waals surface area contributed by atoms with Gasteiger partial charge in [-0.3, -0.25) is 9.59 Å². The Bertz CT molecular complexity index is 962. The lowest BCUT2D eigenvalue weighted by Crippen LogP contribution is -2.47. The molecule has 160 valence electrons. The van der Waals surface area contributed by atoms with Gasteiger partial charge in [0.15, 0.2) is 0 Å². The van der Waals surface area contributed by atoms with E-state index in [1.807, 2.05) is 60.7 Å². The first-order valence-electron chi connectivity index (χ1n) is 9.80. The van der Waals surface area contributed by atoms with Crippen molar-refractivity contribution in [2.75, 3.05) is 18.5 Å². The lowest BCUT2D eigenvalue weighted by atomic mass is 10.2. The molecule has 1 atom stereocenters. The Morgan fingerprint density at radius 2 is 1.45 bits per heavy atom. The fourth-order valence-electron chi connectivity index (χ4n) is 2.75. The summed E-state index contributed by atoms with van der Waals surface area (Å²) in [5, 5.41) is 14.2. The zero-order chi connectivity index (χ0) is 21.9. The fourth-order valence-corrected chi connectivity index (χ4v) is 2.75. The standard InChI is InChI=1S/C24H24N2O5/c27-15-23(28)26-22(17-30-16-18-7-3-1-4-8-18)24(29)25-19-11-13-21(14-12-19)31-20-9-5-2-6-10-20/h1-14,22,27H,15-17H2,(H,25,29)(H,26,28). The maximum Gasteiger partial charge on any atom is 0.249 e. The van der Waals surface area contributed by atoms with Gasteiger partial charge in [0.05, 0.1) is 13.2 Å². The van der Waals surface area contributed by atoms with E-state index in [2.05, 4.69) is 10.6 Å². The van der Waals surface area contributed by atoms with E-state index in [9.17, 15) is 9.59 Å². The summed E-state index contributed by atoms with van der Waals surface area (Å²) in [6.45, 7) is -0.458. The summed E-state index contributed by atoms with van der Waals surface area (Å²) in [5.41, 5.74) is 1.49. The van der Waals surface area contributed by atoms with Gasteiger partial charge in [0.2, 0.25) is 11.8 Å². The van der Waals surface area contributed by atoms with Crippen LogP contribution < -0.4 is 15.4 Å². The minimum Gasteiger partial charge on any atom is -0.457 e. The van der Waals surface area contributed by atoms with Gasteiger partial charge in [-0.1, -0.05) is 48.5 Å². The van der Waals surface area contributed by atoms with Crippen molar-refractivity contribution in [1.82, 2.24) is 5.32 Å². The zero-order valence-electron chi connectivity index (χ0n) is 16.9. The van der Waals surface area contributed by atoms with Gasteiger partial charge >= 0.3 is 0 Å². The molecule has 0 radical (unpaired) electrons. The van der Waals surface area contributed by atoms with Crippen LogP contribution in [0.4, 0.5) is 5.69 Å². The number of aliphatic hydroxyl groups is 1. The molecule has 0 aliphatic rings. The maximum atomic E-state index is 12.7. The number of aliphatic hydroxyl groups excluding tert-OH is 1. The van der Waals surface area contributed by atoms with Crippen molar-refractivity contribution in [2.45, 2.75) is 12.6 Å². The lowest BCUT2D eigenvalue weighted by Gasteiger charge is -2.18. The number of rotatable bonds is 10. The van der Waals surface area contributed by atoms with Gasteiger partial charge in [0.25, 0.3) is 0 Å². The smallest absolute Gasteiger partial charge is 0.249 e. The van der Waals surface area contributed by atoms with Crippen molar-refractivity contribution < 1.29 is 24.2 Å². The van der Waals surface area contributed by atoms with Crippen LogP contribution in [0.2, 0.25) is 0 Å². The summed E-state index contributed by atoms with van der Waals surface area (Å²) in [6.07, 6.45) is 0. The molecule has 0 saturated heterocycles. The van der Waals surface area contributed by atoms with Crippen LogP contribution in [0.3, 0.4) is 0 Å². The van der Waals surface area contributed by atoms with E-state index in [1.165, 1.54) is 0 Å². The second-order valence-corrected chi connectivity index (χ2v) is 6.71. The molecule has 2 amide bonds. The van der Waals surface area contributed by atoms with Gasteiger partial charge in [-0.2, -0.15) is 0 Å². The van der Waals surface area contributed by atoms with Gasteiger partial charge in [-0.25, -0.2) is 0 Å².